The van der Waals surface area contributed by atoms with Gasteiger partial charge in [0, 0.05) is 5.69 Å². The SMILES string of the molecule is CCCc1ccc(NC(=O)C2(/C(N)=N/O)CC(C)C2)cc1. The van der Waals surface area contributed by atoms with Crippen LogP contribution in [0.5, 0.6) is 0 Å². The van der Waals surface area contributed by atoms with Gasteiger partial charge in [-0.3, -0.25) is 4.79 Å². The molecule has 1 amide bonds. The second-order valence-corrected chi connectivity index (χ2v) is 5.98. The van der Waals surface area contributed by atoms with Crippen molar-refractivity contribution in [2.45, 2.75) is 39.5 Å². The van der Waals surface area contributed by atoms with Crippen molar-refractivity contribution in [1.29, 1.82) is 0 Å². The Kier molecular flexibility index (Phi) is 4.50. The fraction of sp³-hybridized carbons (Fsp3) is 0.500. The third-order valence-corrected chi connectivity index (χ3v) is 4.18. The van der Waals surface area contributed by atoms with Crippen LogP contribution in [0.4, 0.5) is 5.69 Å². The normalized spacial score (nSPS) is 25.2. The maximum Gasteiger partial charge on any atom is 0.238 e. The van der Waals surface area contributed by atoms with Crippen LogP contribution in [0, 0.1) is 11.3 Å². The highest BCUT2D eigenvalue weighted by Crippen LogP contribution is 2.46. The van der Waals surface area contributed by atoms with Crippen LogP contribution in [-0.4, -0.2) is 17.0 Å². The van der Waals surface area contributed by atoms with Crippen LogP contribution in [0.1, 0.15) is 38.7 Å². The first-order valence-corrected chi connectivity index (χ1v) is 7.40. The summed E-state index contributed by atoms with van der Waals surface area (Å²) in [6.45, 7) is 4.18. The molecule has 0 bridgehead atoms. The number of nitrogens with one attached hydrogen (secondary N) is 1. The molecule has 2 rings (SSSR count). The van der Waals surface area contributed by atoms with Gasteiger partial charge in [-0.05, 0) is 42.9 Å². The van der Waals surface area contributed by atoms with Crippen molar-refractivity contribution < 1.29 is 10.0 Å². The van der Waals surface area contributed by atoms with Crippen molar-refractivity contribution in [3.8, 4) is 0 Å². The van der Waals surface area contributed by atoms with Crippen molar-refractivity contribution >= 4 is 17.4 Å². The van der Waals surface area contributed by atoms with Gasteiger partial charge in [-0.25, -0.2) is 0 Å². The molecule has 1 aromatic rings. The van der Waals surface area contributed by atoms with Crippen molar-refractivity contribution in [1.82, 2.24) is 0 Å². The predicted octanol–water partition coefficient (Wildman–Crippen LogP) is 2.74. The van der Waals surface area contributed by atoms with E-state index in [4.69, 9.17) is 10.9 Å². The van der Waals surface area contributed by atoms with Crippen molar-refractivity contribution in [3.05, 3.63) is 29.8 Å². The van der Waals surface area contributed by atoms with Gasteiger partial charge >= 0.3 is 0 Å². The fourth-order valence-corrected chi connectivity index (χ4v) is 3.03. The molecule has 0 aromatic heterocycles. The van der Waals surface area contributed by atoms with Crippen LogP contribution in [0.3, 0.4) is 0 Å². The van der Waals surface area contributed by atoms with Gasteiger partial charge in [-0.2, -0.15) is 0 Å². The maximum absolute atomic E-state index is 12.5. The van der Waals surface area contributed by atoms with E-state index in [1.165, 1.54) is 5.56 Å². The number of nitrogens with two attached hydrogens (primary N) is 1. The van der Waals surface area contributed by atoms with E-state index in [9.17, 15) is 4.79 Å². The summed E-state index contributed by atoms with van der Waals surface area (Å²) in [7, 11) is 0. The Balaban J connectivity index is 2.09. The van der Waals surface area contributed by atoms with Crippen molar-refractivity contribution in [2.24, 2.45) is 22.2 Å². The lowest BCUT2D eigenvalue weighted by atomic mass is 9.61. The Labute approximate surface area is 125 Å². The average molecular weight is 289 g/mol. The van der Waals surface area contributed by atoms with Gasteiger partial charge in [0.1, 0.15) is 5.41 Å². The zero-order valence-electron chi connectivity index (χ0n) is 12.6. The Morgan fingerprint density at radius 2 is 2.05 bits per heavy atom. The van der Waals surface area contributed by atoms with Gasteiger partial charge < -0.3 is 16.3 Å². The Bertz CT molecular complexity index is 531. The van der Waals surface area contributed by atoms with E-state index in [1.54, 1.807) is 0 Å². The minimum absolute atomic E-state index is 0.000651. The molecule has 0 saturated heterocycles. The fourth-order valence-electron chi connectivity index (χ4n) is 3.03. The molecule has 21 heavy (non-hydrogen) atoms. The predicted molar refractivity (Wildman–Crippen MR) is 83.3 cm³/mol. The third kappa shape index (κ3) is 3.01. The van der Waals surface area contributed by atoms with E-state index in [1.807, 2.05) is 24.3 Å². The quantitative estimate of drug-likeness (QED) is 0.337. The summed E-state index contributed by atoms with van der Waals surface area (Å²) < 4.78 is 0. The Hall–Kier alpha value is -2.04. The number of anilines is 1. The molecule has 1 aromatic carbocycles. The topological polar surface area (TPSA) is 87.7 Å². The molecule has 5 heteroatoms. The zero-order valence-corrected chi connectivity index (χ0v) is 12.6. The molecule has 0 atom stereocenters. The molecule has 0 aliphatic heterocycles. The highest BCUT2D eigenvalue weighted by molar-refractivity contribution is 6.12. The number of benzene rings is 1. The van der Waals surface area contributed by atoms with E-state index < -0.39 is 5.41 Å². The smallest absolute Gasteiger partial charge is 0.238 e. The van der Waals surface area contributed by atoms with Crippen LogP contribution in [0.15, 0.2) is 29.4 Å². The van der Waals surface area contributed by atoms with Gasteiger partial charge in [0.05, 0.1) is 0 Å². The Morgan fingerprint density at radius 1 is 1.43 bits per heavy atom. The molecule has 0 radical (unpaired) electrons. The summed E-state index contributed by atoms with van der Waals surface area (Å²) >= 11 is 0. The molecule has 0 unspecified atom stereocenters. The number of hydrogen-bond donors (Lipinski definition) is 3. The summed E-state index contributed by atoms with van der Waals surface area (Å²) in [5.74, 6) is 0.211. The van der Waals surface area contributed by atoms with Crippen molar-refractivity contribution in [2.75, 3.05) is 5.32 Å². The Morgan fingerprint density at radius 3 is 2.52 bits per heavy atom. The minimum atomic E-state index is -0.865. The molecule has 4 N–H and O–H groups in total. The van der Waals surface area contributed by atoms with Crippen LogP contribution in [0.2, 0.25) is 0 Å². The molecule has 1 aliphatic carbocycles. The molecule has 1 saturated carbocycles. The lowest BCUT2D eigenvalue weighted by Crippen LogP contribution is -2.54. The van der Waals surface area contributed by atoms with Gasteiger partial charge in [0.15, 0.2) is 5.84 Å². The van der Waals surface area contributed by atoms with Gasteiger partial charge in [-0.15, -0.1) is 0 Å². The third-order valence-electron chi connectivity index (χ3n) is 4.18. The molecular weight excluding hydrogens is 266 g/mol. The number of carbonyl (C=O) groups excluding carboxylic acids is 1. The van der Waals surface area contributed by atoms with E-state index in [2.05, 4.69) is 24.3 Å². The number of amides is 1. The lowest BCUT2D eigenvalue weighted by molar-refractivity contribution is -0.127. The number of oxime groups is 1. The van der Waals surface area contributed by atoms with Crippen LogP contribution in [0.25, 0.3) is 0 Å². The number of hydrogen-bond acceptors (Lipinski definition) is 3. The molecule has 0 spiro atoms. The van der Waals surface area contributed by atoms with Crippen LogP contribution < -0.4 is 11.1 Å². The monoisotopic (exact) mass is 289 g/mol. The first-order chi connectivity index (χ1) is 10.0. The van der Waals surface area contributed by atoms with E-state index in [0.717, 1.165) is 18.5 Å². The lowest BCUT2D eigenvalue weighted by Gasteiger charge is -2.43. The molecule has 1 aliphatic rings. The molecular formula is C16H23N3O2. The second-order valence-electron chi connectivity index (χ2n) is 5.98. The largest absolute Gasteiger partial charge is 0.409 e. The molecule has 114 valence electrons. The summed E-state index contributed by atoms with van der Waals surface area (Å²) in [6, 6.07) is 7.81. The van der Waals surface area contributed by atoms with Crippen LogP contribution >= 0.6 is 0 Å². The van der Waals surface area contributed by atoms with Gasteiger partial charge in [0.2, 0.25) is 5.91 Å². The van der Waals surface area contributed by atoms with E-state index in [0.29, 0.717) is 18.8 Å². The number of amidine groups is 1. The standard InChI is InChI=1S/C16H23N3O2/c1-3-4-12-5-7-13(8-6-12)18-15(20)16(14(17)19-21)9-11(2)10-16/h5-8,11,21H,3-4,9-10H2,1-2H3,(H2,17,19)(H,18,20). The number of nitrogens with zero attached hydrogens (tertiary/aromatic N) is 1. The average Bonchev–Trinajstić information content (AvgIpc) is 2.45. The van der Waals surface area contributed by atoms with Crippen LogP contribution in [-0.2, 0) is 11.2 Å². The maximum atomic E-state index is 12.5. The van der Waals surface area contributed by atoms with Gasteiger partial charge in [-0.1, -0.05) is 37.6 Å². The number of aryl methyl sites for hydroxylation is 1. The number of rotatable bonds is 5. The molecule has 0 heterocycles. The summed E-state index contributed by atoms with van der Waals surface area (Å²) in [6.07, 6.45) is 3.35. The van der Waals surface area contributed by atoms with Crippen molar-refractivity contribution in [3.63, 3.8) is 0 Å². The highest BCUT2D eigenvalue weighted by atomic mass is 16.4. The second kappa shape index (κ2) is 6.16. The van der Waals surface area contributed by atoms with E-state index >= 15 is 0 Å². The first-order valence-electron chi connectivity index (χ1n) is 7.40. The number of carbonyl (C=O) groups is 1. The summed E-state index contributed by atoms with van der Waals surface area (Å²) in [5, 5.41) is 14.8. The zero-order chi connectivity index (χ0) is 15.5. The van der Waals surface area contributed by atoms with Gasteiger partial charge in [0.25, 0.3) is 0 Å². The minimum Gasteiger partial charge on any atom is -0.409 e. The molecule has 1 fully saturated rings. The van der Waals surface area contributed by atoms with E-state index in [-0.39, 0.29) is 11.7 Å². The summed E-state index contributed by atoms with van der Waals surface area (Å²) in [4.78, 5) is 12.5. The molecule has 5 nitrogen and oxygen atoms in total. The summed E-state index contributed by atoms with van der Waals surface area (Å²) in [5.41, 5.74) is 6.86. The highest BCUT2D eigenvalue weighted by Gasteiger charge is 2.52. The first kappa shape index (κ1) is 15.4.